The van der Waals surface area contributed by atoms with Crippen molar-refractivity contribution in [3.05, 3.63) is 55.9 Å². The molecular formula is C22H27ClN4O2S. The Hall–Kier alpha value is -2.22. The first-order valence-electron chi connectivity index (χ1n) is 10.1. The Bertz CT molecular complexity index is 1130. The molecule has 0 aliphatic heterocycles. The number of nitrogens with one attached hydrogen (secondary N) is 1. The summed E-state index contributed by atoms with van der Waals surface area (Å²) in [4.78, 5) is 35.3. The number of thiophene rings is 1. The molecule has 0 fully saturated rings. The van der Waals surface area contributed by atoms with Crippen LogP contribution in [-0.2, 0) is 11.3 Å². The lowest BCUT2D eigenvalue weighted by Gasteiger charge is -2.23. The zero-order valence-electron chi connectivity index (χ0n) is 18.0. The molecule has 0 bridgehead atoms. The van der Waals surface area contributed by atoms with Crippen LogP contribution in [-0.4, -0.2) is 33.4 Å². The van der Waals surface area contributed by atoms with E-state index in [1.54, 1.807) is 31.2 Å². The fraction of sp³-hybridized carbons (Fsp3) is 0.409. The van der Waals surface area contributed by atoms with Crippen molar-refractivity contribution in [2.24, 2.45) is 0 Å². The predicted molar refractivity (Wildman–Crippen MR) is 125 cm³/mol. The number of hydrogen-bond donors (Lipinski definition) is 1. The zero-order chi connectivity index (χ0) is 22.0. The van der Waals surface area contributed by atoms with Gasteiger partial charge in [-0.2, -0.15) is 0 Å². The summed E-state index contributed by atoms with van der Waals surface area (Å²) in [6.07, 6.45) is 0. The molecule has 1 N–H and O–H groups in total. The van der Waals surface area contributed by atoms with Crippen molar-refractivity contribution < 1.29 is 4.79 Å². The third-order valence-electron chi connectivity index (χ3n) is 5.47. The summed E-state index contributed by atoms with van der Waals surface area (Å²) in [5.41, 5.74) is 1.27. The van der Waals surface area contributed by atoms with E-state index in [-0.39, 0.29) is 11.5 Å². The molecule has 3 aromatic rings. The number of fused-ring (bicyclic) bond motifs is 1. The molecule has 0 spiro atoms. The first-order valence-corrected chi connectivity index (χ1v) is 11.3. The van der Waals surface area contributed by atoms with Gasteiger partial charge in [-0.05, 0) is 51.6 Å². The van der Waals surface area contributed by atoms with Crippen LogP contribution in [0, 0.1) is 13.8 Å². The topological polar surface area (TPSA) is 67.2 Å². The van der Waals surface area contributed by atoms with Gasteiger partial charge in [0.2, 0.25) is 5.91 Å². The number of carbonyl (C=O) groups excluding carboxylic acids is 1. The lowest BCUT2D eigenvalue weighted by molar-refractivity contribution is -0.119. The molecule has 2 aromatic heterocycles. The highest BCUT2D eigenvalue weighted by molar-refractivity contribution is 7.18. The molecule has 6 nitrogen and oxygen atoms in total. The van der Waals surface area contributed by atoms with E-state index in [9.17, 15) is 9.59 Å². The minimum Gasteiger partial charge on any atom is -0.323 e. The van der Waals surface area contributed by atoms with E-state index in [0.29, 0.717) is 28.5 Å². The summed E-state index contributed by atoms with van der Waals surface area (Å²) in [5, 5.41) is 3.89. The molecule has 0 aliphatic rings. The van der Waals surface area contributed by atoms with Crippen LogP contribution in [0.5, 0.6) is 0 Å². The van der Waals surface area contributed by atoms with Gasteiger partial charge < -0.3 is 5.32 Å². The van der Waals surface area contributed by atoms with Crippen molar-refractivity contribution in [3.8, 4) is 0 Å². The van der Waals surface area contributed by atoms with Crippen LogP contribution in [0.2, 0.25) is 5.02 Å². The highest BCUT2D eigenvalue weighted by Crippen LogP contribution is 2.28. The summed E-state index contributed by atoms with van der Waals surface area (Å²) in [5.74, 6) is 0.288. The number of benzene rings is 1. The van der Waals surface area contributed by atoms with E-state index in [1.165, 1.54) is 15.9 Å². The number of rotatable bonds is 7. The fourth-order valence-corrected chi connectivity index (χ4v) is 4.65. The maximum atomic E-state index is 13.5. The van der Waals surface area contributed by atoms with Crippen LogP contribution in [0.25, 0.3) is 10.2 Å². The highest BCUT2D eigenvalue weighted by Gasteiger charge is 2.25. The van der Waals surface area contributed by atoms with Gasteiger partial charge in [-0.25, -0.2) is 4.98 Å². The molecule has 8 heteroatoms. The number of halogens is 1. The maximum Gasteiger partial charge on any atom is 0.263 e. The summed E-state index contributed by atoms with van der Waals surface area (Å²) < 4.78 is 1.53. The Labute approximate surface area is 185 Å². The molecule has 1 aromatic carbocycles. The van der Waals surface area contributed by atoms with Crippen molar-refractivity contribution in [2.75, 3.05) is 18.4 Å². The molecule has 3 rings (SSSR count). The molecule has 1 unspecified atom stereocenters. The standard InChI is InChI=1S/C22H27ClN4O2S/c1-6-26(7-2)12-18-25-21-19(13(3)15(5)30-21)22(29)27(18)14(4)20(28)24-17-11-9-8-10-16(17)23/h8-11,14H,6-7,12H2,1-5H3,(H,24,28). The van der Waals surface area contributed by atoms with Crippen molar-refractivity contribution >= 4 is 44.7 Å². The van der Waals surface area contributed by atoms with Gasteiger partial charge in [-0.15, -0.1) is 11.3 Å². The molecule has 1 amide bonds. The third kappa shape index (κ3) is 4.29. The number of anilines is 1. The quantitative estimate of drug-likeness (QED) is 0.567. The molecule has 30 heavy (non-hydrogen) atoms. The number of carbonyl (C=O) groups is 1. The Morgan fingerprint density at radius 1 is 1.27 bits per heavy atom. The molecule has 0 saturated heterocycles. The van der Waals surface area contributed by atoms with Crippen LogP contribution in [0.4, 0.5) is 5.69 Å². The number of aromatic nitrogens is 2. The van der Waals surface area contributed by atoms with Gasteiger partial charge in [-0.1, -0.05) is 37.6 Å². The Morgan fingerprint density at radius 2 is 1.93 bits per heavy atom. The molecule has 2 heterocycles. The van der Waals surface area contributed by atoms with Gasteiger partial charge >= 0.3 is 0 Å². The van der Waals surface area contributed by atoms with Crippen molar-refractivity contribution in [3.63, 3.8) is 0 Å². The van der Waals surface area contributed by atoms with Gasteiger partial charge in [0.05, 0.1) is 22.6 Å². The van der Waals surface area contributed by atoms with Gasteiger partial charge in [0.1, 0.15) is 16.7 Å². The lowest BCUT2D eigenvalue weighted by Crippen LogP contribution is -2.37. The van der Waals surface area contributed by atoms with Crippen molar-refractivity contribution in [1.82, 2.24) is 14.5 Å². The minimum atomic E-state index is -0.740. The van der Waals surface area contributed by atoms with Crippen molar-refractivity contribution in [1.29, 1.82) is 0 Å². The van der Waals surface area contributed by atoms with E-state index in [1.807, 2.05) is 13.8 Å². The number of para-hydroxylation sites is 1. The monoisotopic (exact) mass is 446 g/mol. The molecule has 0 aliphatic carbocycles. The zero-order valence-corrected chi connectivity index (χ0v) is 19.5. The van der Waals surface area contributed by atoms with E-state index in [0.717, 1.165) is 28.4 Å². The number of hydrogen-bond acceptors (Lipinski definition) is 5. The number of amides is 1. The average molecular weight is 447 g/mol. The fourth-order valence-electron chi connectivity index (χ4n) is 3.42. The SMILES string of the molecule is CCN(CC)Cc1nc2sc(C)c(C)c2c(=O)n1C(C)C(=O)Nc1ccccc1Cl. The number of aryl methyl sites for hydroxylation is 2. The van der Waals surface area contributed by atoms with Gasteiger partial charge in [-0.3, -0.25) is 19.1 Å². The van der Waals surface area contributed by atoms with Crippen LogP contribution < -0.4 is 10.9 Å². The first-order chi connectivity index (χ1) is 14.3. The van der Waals surface area contributed by atoms with E-state index >= 15 is 0 Å². The van der Waals surface area contributed by atoms with Crippen LogP contribution in [0.1, 0.15) is 43.1 Å². The molecular weight excluding hydrogens is 420 g/mol. The van der Waals surface area contributed by atoms with E-state index in [2.05, 4.69) is 24.1 Å². The second-order valence-electron chi connectivity index (χ2n) is 7.27. The summed E-state index contributed by atoms with van der Waals surface area (Å²) >= 11 is 7.71. The van der Waals surface area contributed by atoms with Gasteiger partial charge in [0.15, 0.2) is 0 Å². The van der Waals surface area contributed by atoms with Crippen molar-refractivity contribution in [2.45, 2.75) is 47.2 Å². The van der Waals surface area contributed by atoms with Crippen LogP contribution >= 0.6 is 22.9 Å². The molecule has 0 radical (unpaired) electrons. The van der Waals surface area contributed by atoms with Gasteiger partial charge in [0, 0.05) is 4.88 Å². The van der Waals surface area contributed by atoms with E-state index in [4.69, 9.17) is 16.6 Å². The molecule has 1 atom stereocenters. The Balaban J connectivity index is 2.10. The lowest BCUT2D eigenvalue weighted by atomic mass is 10.2. The van der Waals surface area contributed by atoms with E-state index < -0.39 is 6.04 Å². The summed E-state index contributed by atoms with van der Waals surface area (Å²) in [7, 11) is 0. The van der Waals surface area contributed by atoms with Crippen LogP contribution in [0.15, 0.2) is 29.1 Å². The second kappa shape index (κ2) is 9.29. The molecule has 160 valence electrons. The third-order valence-corrected chi connectivity index (χ3v) is 6.90. The van der Waals surface area contributed by atoms with Gasteiger partial charge in [0.25, 0.3) is 5.56 Å². The Morgan fingerprint density at radius 3 is 2.57 bits per heavy atom. The average Bonchev–Trinajstić information content (AvgIpc) is 3.01. The summed E-state index contributed by atoms with van der Waals surface area (Å²) in [6, 6.07) is 6.31. The molecule has 0 saturated carbocycles. The van der Waals surface area contributed by atoms with Crippen LogP contribution in [0.3, 0.4) is 0 Å². The summed E-state index contributed by atoms with van der Waals surface area (Å²) in [6.45, 7) is 11.9. The first kappa shape index (κ1) is 22.5. The maximum absolute atomic E-state index is 13.5. The minimum absolute atomic E-state index is 0.175. The largest absolute Gasteiger partial charge is 0.323 e. The Kier molecular flexibility index (Phi) is 6.95. The predicted octanol–water partition coefficient (Wildman–Crippen LogP) is 4.77. The highest BCUT2D eigenvalue weighted by atomic mass is 35.5. The number of nitrogens with zero attached hydrogens (tertiary/aromatic N) is 3. The smallest absolute Gasteiger partial charge is 0.263 e. The normalized spacial score (nSPS) is 12.5. The second-order valence-corrected chi connectivity index (χ2v) is 8.88.